The van der Waals surface area contributed by atoms with Gasteiger partial charge in [-0.15, -0.1) is 5.16 Å². The number of nitrogens with zero attached hydrogens (tertiary/aromatic N) is 1. The molecule has 0 aromatic heterocycles. The number of carbonyl (C=O) groups excluding carboxylic acids is 1. The van der Waals surface area contributed by atoms with Crippen LogP contribution in [0.3, 0.4) is 0 Å². The van der Waals surface area contributed by atoms with E-state index in [1.165, 1.54) is 6.21 Å². The molecule has 0 saturated heterocycles. The maximum absolute atomic E-state index is 12.6. The lowest BCUT2D eigenvalue weighted by Crippen LogP contribution is -2.03. The van der Waals surface area contributed by atoms with Crippen LogP contribution in [0.25, 0.3) is 0 Å². The zero-order chi connectivity index (χ0) is 13.9. The molecular weight excluding hydrogens is 254 g/mol. The zero-order valence-corrected chi connectivity index (χ0v) is 10.7. The van der Waals surface area contributed by atoms with Crippen LogP contribution in [0.15, 0.2) is 47.6 Å². The van der Waals surface area contributed by atoms with E-state index in [4.69, 9.17) is 9.94 Å². The summed E-state index contributed by atoms with van der Waals surface area (Å²) in [6.07, 6.45) is 1.86. The summed E-state index contributed by atoms with van der Waals surface area (Å²) in [5.41, 5.74) is 3.03. The van der Waals surface area contributed by atoms with E-state index in [0.29, 0.717) is 29.9 Å². The first kappa shape index (κ1) is 12.4. The lowest BCUT2D eigenvalue weighted by molar-refractivity contribution is 0.103. The molecule has 2 aromatic carbocycles. The van der Waals surface area contributed by atoms with Gasteiger partial charge < -0.3 is 9.94 Å². The third kappa shape index (κ3) is 2.16. The van der Waals surface area contributed by atoms with Crippen molar-refractivity contribution in [3.63, 3.8) is 0 Å². The summed E-state index contributed by atoms with van der Waals surface area (Å²) in [5.74, 6) is 0.562. The summed E-state index contributed by atoms with van der Waals surface area (Å²) >= 11 is 0. The molecule has 0 unspecified atom stereocenters. The molecule has 0 fully saturated rings. The molecule has 0 spiro atoms. The average molecular weight is 267 g/mol. The minimum atomic E-state index is -0.0316. The third-order valence-electron chi connectivity index (χ3n) is 3.34. The van der Waals surface area contributed by atoms with Crippen LogP contribution in [-0.2, 0) is 13.0 Å². The molecule has 0 radical (unpaired) electrons. The van der Waals surface area contributed by atoms with Crippen LogP contribution in [0.4, 0.5) is 0 Å². The fourth-order valence-corrected chi connectivity index (χ4v) is 2.32. The van der Waals surface area contributed by atoms with Crippen LogP contribution in [0.5, 0.6) is 5.75 Å². The normalized spacial score (nSPS) is 13.5. The predicted octanol–water partition coefficient (Wildman–Crippen LogP) is 2.81. The minimum absolute atomic E-state index is 0.0316. The van der Waals surface area contributed by atoms with Crippen LogP contribution in [0.1, 0.15) is 27.0 Å². The van der Waals surface area contributed by atoms with Gasteiger partial charge in [-0.2, -0.15) is 0 Å². The molecule has 1 N–H and O–H groups in total. The molecule has 0 atom stereocenters. The second-order valence-electron chi connectivity index (χ2n) is 4.61. The maximum atomic E-state index is 12.6. The molecule has 0 saturated carbocycles. The first-order valence-corrected chi connectivity index (χ1v) is 6.34. The number of fused-ring (bicyclic) bond motifs is 2. The van der Waals surface area contributed by atoms with Crippen LogP contribution in [0.2, 0.25) is 0 Å². The molecule has 20 heavy (non-hydrogen) atoms. The van der Waals surface area contributed by atoms with Gasteiger partial charge >= 0.3 is 0 Å². The van der Waals surface area contributed by atoms with Crippen molar-refractivity contribution in [1.29, 1.82) is 0 Å². The standard InChI is InChI=1S/C16H13NO3/c18-16-13-4-2-1-3-12(13)10-20-15-6-5-11(7-8-17-19)9-14(15)16/h1-6,8-9,19H,7,10H2. The predicted molar refractivity (Wildman–Crippen MR) is 74.6 cm³/mol. The first-order valence-electron chi connectivity index (χ1n) is 6.34. The number of oxime groups is 1. The fraction of sp³-hybridized carbons (Fsp3) is 0.125. The van der Waals surface area contributed by atoms with Crippen molar-refractivity contribution in [2.24, 2.45) is 5.16 Å². The molecular formula is C16H13NO3. The Kier molecular flexibility index (Phi) is 3.21. The van der Waals surface area contributed by atoms with E-state index in [1.54, 1.807) is 12.1 Å². The molecule has 0 aliphatic carbocycles. The highest BCUT2D eigenvalue weighted by molar-refractivity contribution is 6.12. The van der Waals surface area contributed by atoms with E-state index in [9.17, 15) is 4.79 Å². The Labute approximate surface area is 116 Å². The monoisotopic (exact) mass is 267 g/mol. The molecule has 4 nitrogen and oxygen atoms in total. The van der Waals surface area contributed by atoms with Crippen molar-refractivity contribution in [3.8, 4) is 5.75 Å². The summed E-state index contributed by atoms with van der Waals surface area (Å²) in [7, 11) is 0. The van der Waals surface area contributed by atoms with Gasteiger partial charge in [-0.05, 0) is 17.7 Å². The van der Waals surface area contributed by atoms with Gasteiger partial charge in [0, 0.05) is 23.8 Å². The third-order valence-corrected chi connectivity index (χ3v) is 3.34. The van der Waals surface area contributed by atoms with Crippen molar-refractivity contribution in [3.05, 3.63) is 64.7 Å². The number of hydrogen-bond acceptors (Lipinski definition) is 4. The van der Waals surface area contributed by atoms with Gasteiger partial charge in [-0.1, -0.05) is 30.3 Å². The Morgan fingerprint density at radius 3 is 2.90 bits per heavy atom. The van der Waals surface area contributed by atoms with Crippen molar-refractivity contribution in [2.45, 2.75) is 13.0 Å². The Balaban J connectivity index is 2.06. The number of carbonyl (C=O) groups is 1. The maximum Gasteiger partial charge on any atom is 0.197 e. The Hall–Kier alpha value is -2.62. The van der Waals surface area contributed by atoms with E-state index >= 15 is 0 Å². The van der Waals surface area contributed by atoms with Gasteiger partial charge in [-0.25, -0.2) is 0 Å². The summed E-state index contributed by atoms with van der Waals surface area (Å²) in [6.45, 7) is 0.395. The van der Waals surface area contributed by atoms with Crippen LogP contribution in [0, 0.1) is 0 Å². The lowest BCUT2D eigenvalue weighted by atomic mass is 9.97. The Morgan fingerprint density at radius 1 is 1.20 bits per heavy atom. The zero-order valence-electron chi connectivity index (χ0n) is 10.7. The van der Waals surface area contributed by atoms with E-state index < -0.39 is 0 Å². The summed E-state index contributed by atoms with van der Waals surface area (Å²) in [4.78, 5) is 12.6. The average Bonchev–Trinajstić information content (AvgIpc) is 2.63. The number of benzene rings is 2. The molecule has 0 bridgehead atoms. The molecule has 100 valence electrons. The number of ketones is 1. The van der Waals surface area contributed by atoms with E-state index in [2.05, 4.69) is 5.16 Å². The SMILES string of the molecule is O=C1c2ccccc2COc2ccc(CC=NO)cc21. The summed E-state index contributed by atoms with van der Waals surface area (Å²) in [5, 5.41) is 11.4. The van der Waals surface area contributed by atoms with E-state index in [0.717, 1.165) is 11.1 Å². The highest BCUT2D eigenvalue weighted by atomic mass is 16.5. The molecule has 2 aromatic rings. The molecule has 4 heteroatoms. The molecule has 1 aliphatic heterocycles. The van der Waals surface area contributed by atoms with E-state index in [-0.39, 0.29) is 5.78 Å². The fourth-order valence-electron chi connectivity index (χ4n) is 2.32. The van der Waals surface area contributed by atoms with Gasteiger partial charge in [0.25, 0.3) is 0 Å². The molecule has 1 heterocycles. The summed E-state index contributed by atoms with van der Waals surface area (Å²) in [6, 6.07) is 12.9. The number of ether oxygens (including phenoxy) is 1. The van der Waals surface area contributed by atoms with Crippen molar-refractivity contribution < 1.29 is 14.7 Å². The number of rotatable bonds is 2. The minimum Gasteiger partial charge on any atom is -0.488 e. The van der Waals surface area contributed by atoms with Gasteiger partial charge in [0.2, 0.25) is 0 Å². The van der Waals surface area contributed by atoms with Crippen molar-refractivity contribution in [1.82, 2.24) is 0 Å². The van der Waals surface area contributed by atoms with Gasteiger partial charge in [0.15, 0.2) is 5.78 Å². The van der Waals surface area contributed by atoms with Crippen LogP contribution in [-0.4, -0.2) is 17.2 Å². The molecule has 0 amide bonds. The van der Waals surface area contributed by atoms with Crippen LogP contribution >= 0.6 is 0 Å². The molecule has 3 rings (SSSR count). The topological polar surface area (TPSA) is 58.9 Å². The smallest absolute Gasteiger partial charge is 0.197 e. The second kappa shape index (κ2) is 5.17. The van der Waals surface area contributed by atoms with Crippen LogP contribution < -0.4 is 4.74 Å². The highest BCUT2D eigenvalue weighted by Crippen LogP contribution is 2.29. The Bertz CT molecular complexity index is 692. The number of hydrogen-bond donors (Lipinski definition) is 1. The second-order valence-corrected chi connectivity index (χ2v) is 4.61. The van der Waals surface area contributed by atoms with Crippen molar-refractivity contribution in [2.75, 3.05) is 0 Å². The van der Waals surface area contributed by atoms with Crippen molar-refractivity contribution >= 4 is 12.0 Å². The van der Waals surface area contributed by atoms with Gasteiger partial charge in [-0.3, -0.25) is 4.79 Å². The Morgan fingerprint density at radius 2 is 2.05 bits per heavy atom. The lowest BCUT2D eigenvalue weighted by Gasteiger charge is -2.07. The van der Waals surface area contributed by atoms with Gasteiger partial charge in [0.05, 0.1) is 5.56 Å². The quantitative estimate of drug-likeness (QED) is 0.517. The summed E-state index contributed by atoms with van der Waals surface area (Å²) < 4.78 is 5.70. The van der Waals surface area contributed by atoms with E-state index in [1.807, 2.05) is 30.3 Å². The molecule has 1 aliphatic rings. The van der Waals surface area contributed by atoms with Gasteiger partial charge in [0.1, 0.15) is 12.4 Å². The largest absolute Gasteiger partial charge is 0.488 e. The first-order chi connectivity index (χ1) is 9.79. The highest BCUT2D eigenvalue weighted by Gasteiger charge is 2.21.